The highest BCUT2D eigenvalue weighted by molar-refractivity contribution is 7.11. The maximum atomic E-state index is 10.9. The maximum absolute atomic E-state index is 10.9. The first kappa shape index (κ1) is 16.2. The molecule has 0 spiro atoms. The van der Waals surface area contributed by atoms with Gasteiger partial charge in [0.1, 0.15) is 0 Å². The van der Waals surface area contributed by atoms with Gasteiger partial charge >= 0.3 is 37.9 Å². The number of carboxylic acid groups (broad SMARTS) is 4. The molecule has 12 nitrogen and oxygen atoms in total. The van der Waals surface area contributed by atoms with Crippen LogP contribution in [0.15, 0.2) is 0 Å². The predicted octanol–water partition coefficient (Wildman–Crippen LogP) is -3.05. The van der Waals surface area contributed by atoms with Crippen molar-refractivity contribution in [2.24, 2.45) is 0 Å². The average molecular weight is 318 g/mol. The van der Waals surface area contributed by atoms with E-state index in [1.807, 2.05) is 0 Å². The molecule has 2 rings (SSSR count). The van der Waals surface area contributed by atoms with E-state index in [0.717, 1.165) is 0 Å². The summed E-state index contributed by atoms with van der Waals surface area (Å²) in [7, 11) is -3.40. The first-order chi connectivity index (χ1) is 10.2. The van der Waals surface area contributed by atoms with Crippen molar-refractivity contribution in [3.63, 3.8) is 0 Å². The van der Waals surface area contributed by atoms with E-state index < -0.39 is 62.3 Å². The summed E-state index contributed by atoms with van der Waals surface area (Å²) in [6, 6.07) is 0. The lowest BCUT2D eigenvalue weighted by Crippen LogP contribution is -2.41. The van der Waals surface area contributed by atoms with Crippen LogP contribution in [0.5, 0.6) is 0 Å². The molecule has 0 radical (unpaired) electrons. The van der Waals surface area contributed by atoms with Crippen molar-refractivity contribution < 1.29 is 58.2 Å². The van der Waals surface area contributed by atoms with Crippen LogP contribution in [0.3, 0.4) is 0 Å². The first-order valence-electron chi connectivity index (χ1n) is 5.75. The Hall–Kier alpha value is -2.15. The molecule has 2 saturated heterocycles. The van der Waals surface area contributed by atoms with E-state index in [2.05, 4.69) is 0 Å². The highest BCUT2D eigenvalue weighted by Gasteiger charge is 2.60. The normalized spacial score (nSPS) is 31.3. The van der Waals surface area contributed by atoms with Crippen molar-refractivity contribution in [3.05, 3.63) is 0 Å². The predicted molar refractivity (Wildman–Crippen MR) is 61.5 cm³/mol. The molecule has 4 atom stereocenters. The second-order valence-electron chi connectivity index (χ2n) is 4.32. The fourth-order valence-corrected chi connectivity index (χ4v) is 1.93. The van der Waals surface area contributed by atoms with Crippen molar-refractivity contribution >= 4 is 37.9 Å². The van der Waals surface area contributed by atoms with E-state index in [4.69, 9.17) is 39.0 Å². The Morgan fingerprint density at radius 1 is 0.545 bits per heavy atom. The molecule has 2 fully saturated rings. The Labute approximate surface area is 121 Å². The minimum absolute atomic E-state index is 1.63. The Bertz CT molecular complexity index is 431. The van der Waals surface area contributed by atoms with E-state index in [9.17, 15) is 19.2 Å². The summed E-state index contributed by atoms with van der Waals surface area (Å²) in [6.45, 7) is 0. The molecule has 4 N–H and O–H groups in total. The Morgan fingerprint density at radius 3 is 0.864 bits per heavy atom. The molecule has 22 heavy (non-hydrogen) atoms. The second-order valence-corrected chi connectivity index (χ2v) is 4.32. The van der Waals surface area contributed by atoms with Crippen LogP contribution in [0.25, 0.3) is 0 Å². The topological polar surface area (TPSA) is 186 Å². The number of carboxylic acids is 4. The van der Waals surface area contributed by atoms with Gasteiger partial charge in [-0.3, -0.25) is 0 Å². The Morgan fingerprint density at radius 2 is 0.727 bits per heavy atom. The van der Waals surface area contributed by atoms with Crippen molar-refractivity contribution in [1.29, 1.82) is 0 Å². The third-order valence-electron chi connectivity index (χ3n) is 2.87. The third-order valence-corrected chi connectivity index (χ3v) is 2.87. The lowest BCUT2D eigenvalue weighted by molar-refractivity contribution is -0.156. The van der Waals surface area contributed by atoms with Gasteiger partial charge in [-0.15, -0.1) is 0 Å². The zero-order valence-electron chi connectivity index (χ0n) is 10.5. The van der Waals surface area contributed by atoms with Crippen molar-refractivity contribution in [2.75, 3.05) is 0 Å². The van der Waals surface area contributed by atoms with Crippen LogP contribution in [0, 0.1) is 0 Å². The molecule has 0 aromatic rings. The minimum atomic E-state index is -1.87. The molecular weight excluding hydrogens is 310 g/mol. The lowest BCUT2D eigenvalue weighted by Gasteiger charge is -2.08. The number of aliphatic carboxylic acids is 4. The lowest BCUT2D eigenvalue weighted by atomic mass is 9.49. The molecule has 0 saturated carbocycles. The molecule has 0 aromatic carbocycles. The summed E-state index contributed by atoms with van der Waals surface area (Å²) < 4.78 is 19.2. The number of rotatable bonds is 5. The zero-order chi connectivity index (χ0) is 16.6. The van der Waals surface area contributed by atoms with E-state index in [1.165, 1.54) is 0 Å². The number of hydrogen-bond acceptors (Lipinski definition) is 8. The second kappa shape index (κ2) is 5.92. The van der Waals surface area contributed by atoms with Crippen LogP contribution in [0.4, 0.5) is 0 Å². The molecule has 2 heterocycles. The average Bonchev–Trinajstić information content (AvgIpc) is 3.02. The van der Waals surface area contributed by atoms with E-state index in [1.54, 1.807) is 0 Å². The first-order valence-corrected chi connectivity index (χ1v) is 5.75. The van der Waals surface area contributed by atoms with Crippen molar-refractivity contribution in [1.82, 2.24) is 0 Å². The van der Waals surface area contributed by atoms with Crippen LogP contribution >= 0.6 is 0 Å². The number of hydrogen-bond donors (Lipinski definition) is 4. The number of carbonyl (C=O) groups is 4. The third kappa shape index (κ3) is 2.89. The van der Waals surface area contributed by atoms with E-state index in [-0.39, 0.29) is 0 Å². The van der Waals surface area contributed by atoms with Gasteiger partial charge in [0.25, 0.3) is 0 Å². The quantitative estimate of drug-likeness (QED) is 0.376. The van der Waals surface area contributed by atoms with Crippen LogP contribution in [0.1, 0.15) is 0 Å². The van der Waals surface area contributed by atoms with Crippen LogP contribution in [-0.4, -0.2) is 82.7 Å². The summed E-state index contributed by atoms with van der Waals surface area (Å²) in [4.78, 5) is 43.5. The molecular formula is C8H8B2O12. The molecule has 118 valence electrons. The Balaban J connectivity index is 2.13. The summed E-state index contributed by atoms with van der Waals surface area (Å²) in [5.74, 6) is -6.51. The molecule has 0 aromatic heterocycles. The fourth-order valence-electron chi connectivity index (χ4n) is 1.93. The largest absolute Gasteiger partial charge is 0.489 e. The van der Waals surface area contributed by atoms with E-state index >= 15 is 0 Å². The van der Waals surface area contributed by atoms with E-state index in [0.29, 0.717) is 0 Å². The summed E-state index contributed by atoms with van der Waals surface area (Å²) in [5.41, 5.74) is 0. The summed E-state index contributed by atoms with van der Waals surface area (Å²) in [6.07, 6.45) is -7.49. The van der Waals surface area contributed by atoms with Gasteiger partial charge in [-0.05, 0) is 0 Å². The van der Waals surface area contributed by atoms with Gasteiger partial charge in [0.2, 0.25) is 0 Å². The summed E-state index contributed by atoms with van der Waals surface area (Å²) in [5, 5.41) is 35.3. The van der Waals surface area contributed by atoms with Gasteiger partial charge in [0.05, 0.1) is 0 Å². The van der Waals surface area contributed by atoms with Crippen molar-refractivity contribution in [3.8, 4) is 0 Å². The van der Waals surface area contributed by atoms with Gasteiger partial charge in [0.15, 0.2) is 24.4 Å². The monoisotopic (exact) mass is 318 g/mol. The maximum Gasteiger partial charge on any atom is 0.489 e. The minimum Gasteiger partial charge on any atom is -0.479 e. The standard InChI is InChI=1S/C8H8B2O12/c11-5(12)1-2(6(13)14)20-9(19-1)10-21-3(7(15)16)4(22-10)8(17)18/h1-4H,(H,11,12)(H,13,14)(H,15,16)(H,17,18). The molecule has 14 heteroatoms. The zero-order valence-corrected chi connectivity index (χ0v) is 10.5. The molecule has 0 bridgehead atoms. The summed E-state index contributed by atoms with van der Waals surface area (Å²) >= 11 is 0. The van der Waals surface area contributed by atoms with Gasteiger partial charge in [-0.2, -0.15) is 0 Å². The highest BCUT2D eigenvalue weighted by Crippen LogP contribution is 2.26. The fraction of sp³-hybridized carbons (Fsp3) is 0.500. The molecule has 0 aliphatic carbocycles. The molecule has 2 aliphatic rings. The molecule has 2 aliphatic heterocycles. The molecule has 0 amide bonds. The van der Waals surface area contributed by atoms with Gasteiger partial charge < -0.3 is 39.0 Å². The Kier molecular flexibility index (Phi) is 4.37. The SMILES string of the molecule is O=C(O)C1OB(B2OC(C(=O)O)C(C(=O)O)O2)OC1C(=O)O. The highest BCUT2D eigenvalue weighted by atomic mass is 16.7. The van der Waals surface area contributed by atoms with Crippen LogP contribution in [0.2, 0.25) is 0 Å². The van der Waals surface area contributed by atoms with Gasteiger partial charge in [-0.25, -0.2) is 19.2 Å². The van der Waals surface area contributed by atoms with Gasteiger partial charge in [0, 0.05) is 0 Å². The smallest absolute Gasteiger partial charge is 0.479 e. The van der Waals surface area contributed by atoms with Crippen LogP contribution in [-0.2, 0) is 37.8 Å². The van der Waals surface area contributed by atoms with Crippen molar-refractivity contribution in [2.45, 2.75) is 24.4 Å². The van der Waals surface area contributed by atoms with Crippen LogP contribution < -0.4 is 0 Å². The van der Waals surface area contributed by atoms with Gasteiger partial charge in [-0.1, -0.05) is 0 Å². The molecule has 4 unspecified atom stereocenters.